The molecule has 1 unspecified atom stereocenters. The Balaban J connectivity index is 1.92. The third kappa shape index (κ3) is 7.30. The molecule has 7 nitrogen and oxygen atoms in total. The first-order valence-electron chi connectivity index (χ1n) is 10.4. The van der Waals surface area contributed by atoms with E-state index in [4.69, 9.17) is 3.73 Å². The molecule has 0 radical (unpaired) electrons. The van der Waals surface area contributed by atoms with Crippen LogP contribution < -0.4 is 9.67 Å². The molecule has 8 heteroatoms. The summed E-state index contributed by atoms with van der Waals surface area (Å²) >= 11 is -5.24. The van der Waals surface area contributed by atoms with Gasteiger partial charge in [-0.05, 0) is 0 Å². The summed E-state index contributed by atoms with van der Waals surface area (Å²) in [5.41, 5.74) is 3.85. The van der Waals surface area contributed by atoms with Crippen LogP contribution >= 0.6 is 0 Å². The van der Waals surface area contributed by atoms with Crippen LogP contribution in [-0.4, -0.2) is 35.3 Å². The Kier molecular flexibility index (Phi) is 8.96. The molecule has 0 aliphatic carbocycles. The van der Waals surface area contributed by atoms with Crippen molar-refractivity contribution in [2.75, 3.05) is 5.32 Å². The molecule has 0 aliphatic rings. The Morgan fingerprint density at radius 2 is 1.74 bits per heavy atom. The molecule has 2 rings (SSSR count). The van der Waals surface area contributed by atoms with Crippen LogP contribution in [0.5, 0.6) is 5.75 Å². The van der Waals surface area contributed by atoms with Crippen molar-refractivity contribution in [1.29, 1.82) is 0 Å². The first-order valence-corrected chi connectivity index (χ1v) is 13.7. The van der Waals surface area contributed by atoms with Gasteiger partial charge in [0.25, 0.3) is 0 Å². The van der Waals surface area contributed by atoms with E-state index in [0.717, 1.165) is 31.7 Å². The van der Waals surface area contributed by atoms with Gasteiger partial charge in [0, 0.05) is 0 Å². The van der Waals surface area contributed by atoms with Gasteiger partial charge < -0.3 is 0 Å². The molecule has 0 saturated heterocycles. The first kappa shape index (κ1) is 24.8. The molecule has 0 heterocycles. The zero-order valence-electron chi connectivity index (χ0n) is 18.2. The number of carbonyl (C=O) groups is 2. The number of unbranched alkanes of at least 4 members (excludes halogenated alkanes) is 1. The Morgan fingerprint density at radius 1 is 1.03 bits per heavy atom. The number of carbonyl (C=O) groups excluding carboxylic acids is 2. The summed E-state index contributed by atoms with van der Waals surface area (Å²) in [6.45, 7) is 5.50. The van der Waals surface area contributed by atoms with Crippen LogP contribution in [0, 0.1) is 0 Å². The van der Waals surface area contributed by atoms with Crippen LogP contribution in [0.15, 0.2) is 36.4 Å². The molecule has 0 bridgehead atoms. The summed E-state index contributed by atoms with van der Waals surface area (Å²) in [6, 6.07) is 9.98. The number of amides is 1. The number of aryl methyl sites for hydroxylation is 3. The van der Waals surface area contributed by atoms with E-state index in [1.807, 2.05) is 0 Å². The molecule has 0 spiro atoms. The number of phenols is 1. The minimum absolute atomic E-state index is 0.0209. The molecule has 1 amide bonds. The van der Waals surface area contributed by atoms with Crippen molar-refractivity contribution in [2.45, 2.75) is 59.3 Å². The van der Waals surface area contributed by atoms with Crippen LogP contribution in [-0.2, 0) is 36.3 Å². The van der Waals surface area contributed by atoms with E-state index in [9.17, 15) is 22.5 Å². The number of phenolic OH excluding ortho intramolecular Hbond substituents is 1. The summed E-state index contributed by atoms with van der Waals surface area (Å²) in [7, 11) is 0. The second-order valence-corrected chi connectivity index (χ2v) is 11.0. The normalized spacial score (nSPS) is 12.8. The Labute approximate surface area is 185 Å². The van der Waals surface area contributed by atoms with Gasteiger partial charge in [0.1, 0.15) is 0 Å². The molecule has 0 saturated carbocycles. The molecule has 0 aromatic heterocycles. The van der Waals surface area contributed by atoms with Crippen LogP contribution in [0.2, 0.25) is 0 Å². The average Bonchev–Trinajstić information content (AvgIpc) is 2.70. The van der Waals surface area contributed by atoms with Crippen molar-refractivity contribution in [1.82, 2.24) is 0 Å². The maximum absolute atomic E-state index is 12.7. The zero-order valence-corrected chi connectivity index (χ0v) is 20.1. The Bertz CT molecular complexity index is 988. The predicted molar refractivity (Wildman–Crippen MR) is 120 cm³/mol. The van der Waals surface area contributed by atoms with Crippen molar-refractivity contribution < 1.29 is 26.3 Å². The van der Waals surface area contributed by atoms with Gasteiger partial charge >= 0.3 is 186 Å². The monoisotopic (exact) mass is 491 g/mol. The average molecular weight is 491 g/mol. The maximum atomic E-state index is 12.7. The van der Waals surface area contributed by atoms with E-state index in [1.54, 1.807) is 0 Å². The SMILES string of the molecule is CCc1ccc(CCCCC(=O)O[As](=O)(O)c2ccc(O)cc2NC(C)=O)cc1CC. The van der Waals surface area contributed by atoms with E-state index in [0.29, 0.717) is 6.42 Å². The molecule has 168 valence electrons. The van der Waals surface area contributed by atoms with Gasteiger partial charge in [-0.3, -0.25) is 0 Å². The molecule has 0 aliphatic heterocycles. The molecule has 1 atom stereocenters. The van der Waals surface area contributed by atoms with Gasteiger partial charge in [-0.2, -0.15) is 0 Å². The number of hydrogen-bond donors (Lipinski definition) is 3. The van der Waals surface area contributed by atoms with Gasteiger partial charge in [-0.25, -0.2) is 0 Å². The second kappa shape index (κ2) is 11.2. The standard InChI is InChI=1S/C23H30AsNO6/c1-4-18-11-10-17(14-19(18)5-2)8-6-7-9-23(28)31-24(29,30)21-13-12-20(27)15-22(21)25-16(3)26/h10-15,27H,4-9H2,1-3H3,(H,25,26)(H,29,30). The molecule has 3 N–H and O–H groups in total. The second-order valence-electron chi connectivity index (χ2n) is 7.38. The van der Waals surface area contributed by atoms with E-state index >= 15 is 0 Å². The molecule has 2 aromatic rings. The summed E-state index contributed by atoms with van der Waals surface area (Å²) in [5, 5.41) is 11.9. The first-order chi connectivity index (χ1) is 14.7. The quantitative estimate of drug-likeness (QED) is 0.348. The van der Waals surface area contributed by atoms with Crippen molar-refractivity contribution in [3.05, 3.63) is 53.1 Å². The summed E-state index contributed by atoms with van der Waals surface area (Å²) in [5.74, 6) is -1.43. The number of anilines is 1. The van der Waals surface area contributed by atoms with Crippen molar-refractivity contribution >= 4 is 36.1 Å². The van der Waals surface area contributed by atoms with Crippen molar-refractivity contribution in [3.8, 4) is 5.75 Å². The molecule has 2 aromatic carbocycles. The number of aromatic hydroxyl groups is 1. The van der Waals surface area contributed by atoms with E-state index in [1.165, 1.54) is 35.7 Å². The Hall–Kier alpha value is -2.50. The van der Waals surface area contributed by atoms with Crippen LogP contribution in [0.3, 0.4) is 0 Å². The van der Waals surface area contributed by atoms with Crippen molar-refractivity contribution in [2.24, 2.45) is 0 Å². The van der Waals surface area contributed by atoms with Crippen LogP contribution in [0.25, 0.3) is 0 Å². The van der Waals surface area contributed by atoms with E-state index in [-0.39, 0.29) is 22.2 Å². The van der Waals surface area contributed by atoms with Crippen molar-refractivity contribution in [3.63, 3.8) is 0 Å². The third-order valence-corrected chi connectivity index (χ3v) is 7.99. The topological polar surface area (TPSA) is 113 Å². The number of hydrogen-bond acceptors (Lipinski definition) is 5. The molecule has 31 heavy (non-hydrogen) atoms. The fourth-order valence-electron chi connectivity index (χ4n) is 3.40. The number of benzene rings is 2. The summed E-state index contributed by atoms with van der Waals surface area (Å²) in [4.78, 5) is 23.5. The third-order valence-electron chi connectivity index (χ3n) is 4.95. The van der Waals surface area contributed by atoms with Gasteiger partial charge in [-0.15, -0.1) is 0 Å². The van der Waals surface area contributed by atoms with Gasteiger partial charge in [0.15, 0.2) is 0 Å². The van der Waals surface area contributed by atoms with E-state index in [2.05, 4.69) is 37.4 Å². The van der Waals surface area contributed by atoms with Crippen LogP contribution in [0.1, 0.15) is 56.7 Å². The Morgan fingerprint density at radius 3 is 2.39 bits per heavy atom. The number of nitrogens with one attached hydrogen (secondary N) is 1. The molecule has 0 fully saturated rings. The minimum atomic E-state index is -5.24. The van der Waals surface area contributed by atoms with Gasteiger partial charge in [0.2, 0.25) is 0 Å². The predicted octanol–water partition coefficient (Wildman–Crippen LogP) is 3.00. The number of rotatable bonds is 10. The van der Waals surface area contributed by atoms with Gasteiger partial charge in [-0.1, -0.05) is 0 Å². The molecular formula is C23H30AsNO6. The van der Waals surface area contributed by atoms with Crippen LogP contribution in [0.4, 0.5) is 5.69 Å². The summed E-state index contributed by atoms with van der Waals surface area (Å²) < 4.78 is 27.7. The summed E-state index contributed by atoms with van der Waals surface area (Å²) in [6.07, 6.45) is 4.10. The fraction of sp³-hybridized carbons (Fsp3) is 0.391. The molecular weight excluding hydrogens is 461 g/mol. The van der Waals surface area contributed by atoms with Gasteiger partial charge in [0.05, 0.1) is 0 Å². The zero-order chi connectivity index (χ0) is 23.0. The fourth-order valence-corrected chi connectivity index (χ4v) is 5.82. The van der Waals surface area contributed by atoms with E-state index < -0.39 is 26.0 Å².